The first-order chi connectivity index (χ1) is 13.7. The van der Waals surface area contributed by atoms with Crippen LogP contribution in [0.5, 0.6) is 0 Å². The van der Waals surface area contributed by atoms with Gasteiger partial charge in [0.25, 0.3) is 0 Å². The molecule has 0 bridgehead atoms. The third-order valence-corrected chi connectivity index (χ3v) is 5.01. The summed E-state index contributed by atoms with van der Waals surface area (Å²) in [6.45, 7) is 11.9. The van der Waals surface area contributed by atoms with Crippen LogP contribution in [0.3, 0.4) is 0 Å². The van der Waals surface area contributed by atoms with Gasteiger partial charge in [-0.05, 0) is 45.4 Å². The molecule has 0 saturated carbocycles. The van der Waals surface area contributed by atoms with Crippen LogP contribution in [-0.2, 0) is 19.2 Å². The van der Waals surface area contributed by atoms with Gasteiger partial charge >= 0.3 is 5.97 Å². The van der Waals surface area contributed by atoms with Gasteiger partial charge in [-0.1, -0.05) is 40.5 Å². The van der Waals surface area contributed by atoms with Gasteiger partial charge in [-0.2, -0.15) is 0 Å². The van der Waals surface area contributed by atoms with Crippen molar-refractivity contribution in [3.63, 3.8) is 0 Å². The Bertz CT molecular complexity index is 598. The lowest BCUT2D eigenvalue weighted by Crippen LogP contribution is -2.57. The molecular weight excluding hydrogens is 388 g/mol. The van der Waals surface area contributed by atoms with Gasteiger partial charge in [-0.3, -0.25) is 19.2 Å². The second kappa shape index (κ2) is 12.7. The molecule has 0 aliphatic carbocycles. The summed E-state index contributed by atoms with van der Waals surface area (Å²) in [5, 5.41) is 24.4. The SMILES string of the molecule is CC(C)CCCCC(=O)N[C@H](C(=O)N[C@@H](CC(C)C)C(=O)C(C)(C)C(=O)O)C(C)O. The Hall–Kier alpha value is -1.96. The van der Waals surface area contributed by atoms with Crippen molar-refractivity contribution in [3.05, 3.63) is 0 Å². The van der Waals surface area contributed by atoms with E-state index in [0.29, 0.717) is 12.3 Å². The Kier molecular flexibility index (Phi) is 11.8. The number of aliphatic hydroxyl groups is 1. The number of hydrogen-bond donors (Lipinski definition) is 4. The molecular formula is C22H40N2O6. The van der Waals surface area contributed by atoms with Gasteiger partial charge in [0.05, 0.1) is 12.1 Å². The molecule has 1 unspecified atom stereocenters. The van der Waals surface area contributed by atoms with Crippen LogP contribution in [0.15, 0.2) is 0 Å². The standard InChI is InChI=1S/C22H40N2O6/c1-13(2)10-8-9-11-17(26)24-18(15(5)25)20(28)23-16(12-14(3)4)19(27)22(6,7)21(29)30/h13-16,18,25H,8-12H2,1-7H3,(H,23,28)(H,24,26)(H,29,30)/t15?,16-,18-/m0/s1. The van der Waals surface area contributed by atoms with Gasteiger partial charge in [-0.15, -0.1) is 0 Å². The van der Waals surface area contributed by atoms with Gasteiger partial charge in [0, 0.05) is 6.42 Å². The smallest absolute Gasteiger partial charge is 0.316 e. The summed E-state index contributed by atoms with van der Waals surface area (Å²) in [5.41, 5.74) is -1.67. The van der Waals surface area contributed by atoms with Gasteiger partial charge in [0.15, 0.2) is 5.78 Å². The Morgan fingerprint density at radius 3 is 1.90 bits per heavy atom. The maximum atomic E-state index is 12.8. The zero-order valence-corrected chi connectivity index (χ0v) is 19.4. The molecule has 0 saturated heterocycles. The lowest BCUT2D eigenvalue weighted by atomic mass is 9.81. The molecule has 0 fully saturated rings. The number of nitrogens with one attached hydrogen (secondary N) is 2. The summed E-state index contributed by atoms with van der Waals surface area (Å²) in [5.74, 6) is -2.39. The first-order valence-corrected chi connectivity index (χ1v) is 10.8. The van der Waals surface area contributed by atoms with Crippen molar-refractivity contribution in [3.8, 4) is 0 Å². The van der Waals surface area contributed by atoms with Gasteiger partial charge in [0.1, 0.15) is 11.5 Å². The molecule has 0 spiro atoms. The molecule has 0 aromatic rings. The van der Waals surface area contributed by atoms with Crippen molar-refractivity contribution in [1.82, 2.24) is 10.6 Å². The predicted octanol–water partition coefficient (Wildman–Crippen LogP) is 2.28. The molecule has 0 rings (SSSR count). The fourth-order valence-electron chi connectivity index (χ4n) is 2.99. The number of aliphatic carboxylic acids is 1. The summed E-state index contributed by atoms with van der Waals surface area (Å²) in [4.78, 5) is 49.2. The van der Waals surface area contributed by atoms with E-state index in [4.69, 9.17) is 0 Å². The Morgan fingerprint density at radius 1 is 0.900 bits per heavy atom. The lowest BCUT2D eigenvalue weighted by molar-refractivity contribution is -0.154. The third-order valence-electron chi connectivity index (χ3n) is 5.01. The molecule has 0 heterocycles. The molecule has 0 radical (unpaired) electrons. The second-order valence-electron chi connectivity index (χ2n) is 9.41. The number of Topliss-reactive ketones (excluding diaryl/α,β-unsaturated/α-hetero) is 1. The van der Waals surface area contributed by atoms with E-state index in [-0.39, 0.29) is 24.7 Å². The van der Waals surface area contributed by atoms with Gasteiger partial charge in [-0.25, -0.2) is 0 Å². The van der Waals surface area contributed by atoms with E-state index in [2.05, 4.69) is 24.5 Å². The summed E-state index contributed by atoms with van der Waals surface area (Å²) >= 11 is 0. The molecule has 4 N–H and O–H groups in total. The average molecular weight is 429 g/mol. The molecule has 8 heteroatoms. The van der Waals surface area contributed by atoms with Crippen LogP contribution >= 0.6 is 0 Å². The maximum absolute atomic E-state index is 12.8. The fourth-order valence-corrected chi connectivity index (χ4v) is 2.99. The number of carboxylic acids is 1. The van der Waals surface area contributed by atoms with Crippen LogP contribution in [0, 0.1) is 17.3 Å². The van der Waals surface area contributed by atoms with Crippen molar-refractivity contribution in [2.24, 2.45) is 17.3 Å². The number of carbonyl (C=O) groups excluding carboxylic acids is 3. The Labute approximate surface area is 180 Å². The number of unbranched alkanes of at least 4 members (excludes halogenated alkanes) is 1. The second-order valence-corrected chi connectivity index (χ2v) is 9.41. The summed E-state index contributed by atoms with van der Waals surface area (Å²) in [6.07, 6.45) is 1.89. The number of hydrogen-bond acceptors (Lipinski definition) is 5. The average Bonchev–Trinajstić information content (AvgIpc) is 2.60. The highest BCUT2D eigenvalue weighted by molar-refractivity contribution is 6.06. The lowest BCUT2D eigenvalue weighted by Gasteiger charge is -2.29. The highest BCUT2D eigenvalue weighted by Crippen LogP contribution is 2.22. The van der Waals surface area contributed by atoms with E-state index < -0.39 is 41.3 Å². The van der Waals surface area contributed by atoms with Crippen molar-refractivity contribution in [1.29, 1.82) is 0 Å². The van der Waals surface area contributed by atoms with Crippen LogP contribution in [0.2, 0.25) is 0 Å². The molecule has 0 aliphatic heterocycles. The van der Waals surface area contributed by atoms with E-state index in [1.54, 1.807) is 0 Å². The zero-order valence-electron chi connectivity index (χ0n) is 19.4. The number of rotatable bonds is 14. The minimum atomic E-state index is -1.67. The third kappa shape index (κ3) is 9.69. The van der Waals surface area contributed by atoms with Crippen molar-refractivity contribution < 1.29 is 29.4 Å². The maximum Gasteiger partial charge on any atom is 0.316 e. The number of aliphatic hydroxyl groups excluding tert-OH is 1. The van der Waals surface area contributed by atoms with Crippen molar-refractivity contribution >= 4 is 23.6 Å². The quantitative estimate of drug-likeness (QED) is 0.248. The normalized spacial score (nSPS) is 14.9. The monoisotopic (exact) mass is 428 g/mol. The van der Waals surface area contributed by atoms with Crippen LogP contribution in [-0.4, -0.2) is 52.0 Å². The Balaban J connectivity index is 5.19. The minimum absolute atomic E-state index is 0.0180. The van der Waals surface area contributed by atoms with Crippen LogP contribution < -0.4 is 10.6 Å². The highest BCUT2D eigenvalue weighted by Gasteiger charge is 2.41. The number of ketones is 1. The first-order valence-electron chi connectivity index (χ1n) is 10.8. The molecule has 30 heavy (non-hydrogen) atoms. The largest absolute Gasteiger partial charge is 0.481 e. The molecule has 0 aromatic heterocycles. The molecule has 3 atom stereocenters. The molecule has 2 amide bonds. The predicted molar refractivity (Wildman–Crippen MR) is 115 cm³/mol. The number of amides is 2. The summed E-state index contributed by atoms with van der Waals surface area (Å²) in [7, 11) is 0. The van der Waals surface area contributed by atoms with Crippen molar-refractivity contribution in [2.75, 3.05) is 0 Å². The van der Waals surface area contributed by atoms with Crippen LogP contribution in [0.4, 0.5) is 0 Å². The van der Waals surface area contributed by atoms with E-state index in [1.165, 1.54) is 20.8 Å². The van der Waals surface area contributed by atoms with Gasteiger partial charge in [0.2, 0.25) is 11.8 Å². The summed E-state index contributed by atoms with van der Waals surface area (Å²) in [6, 6.07) is -2.26. The van der Waals surface area contributed by atoms with E-state index >= 15 is 0 Å². The van der Waals surface area contributed by atoms with E-state index in [1.807, 2.05) is 13.8 Å². The van der Waals surface area contributed by atoms with Crippen molar-refractivity contribution in [2.45, 2.75) is 98.8 Å². The van der Waals surface area contributed by atoms with Crippen LogP contribution in [0.25, 0.3) is 0 Å². The minimum Gasteiger partial charge on any atom is -0.481 e. The number of carboxylic acid groups (broad SMARTS) is 1. The highest BCUT2D eigenvalue weighted by atomic mass is 16.4. The fraction of sp³-hybridized carbons (Fsp3) is 0.818. The summed E-state index contributed by atoms with van der Waals surface area (Å²) < 4.78 is 0. The zero-order chi connectivity index (χ0) is 23.6. The topological polar surface area (TPSA) is 133 Å². The number of carbonyl (C=O) groups is 4. The van der Waals surface area contributed by atoms with Crippen LogP contribution in [0.1, 0.15) is 80.6 Å². The molecule has 8 nitrogen and oxygen atoms in total. The van der Waals surface area contributed by atoms with E-state index in [0.717, 1.165) is 12.8 Å². The molecule has 0 aromatic carbocycles. The Morgan fingerprint density at radius 2 is 1.47 bits per heavy atom. The molecule has 0 aliphatic rings. The first kappa shape index (κ1) is 28.0. The van der Waals surface area contributed by atoms with E-state index in [9.17, 15) is 29.4 Å². The molecule has 174 valence electrons. The van der Waals surface area contributed by atoms with Gasteiger partial charge < -0.3 is 20.8 Å².